The molecule has 1 aliphatic rings. The number of aromatic nitrogens is 1. The second-order valence-electron chi connectivity index (χ2n) is 4.33. The first-order valence-electron chi connectivity index (χ1n) is 5.69. The Kier molecular flexibility index (Phi) is 4.39. The molecule has 20 heavy (non-hydrogen) atoms. The van der Waals surface area contributed by atoms with Crippen molar-refractivity contribution in [1.29, 1.82) is 0 Å². The number of esters is 1. The van der Waals surface area contributed by atoms with E-state index in [1.807, 2.05) is 0 Å². The quantitative estimate of drug-likeness (QED) is 0.693. The third-order valence-corrected chi connectivity index (χ3v) is 5.60. The number of methoxy groups -OCH3 is 1. The number of nitrogens with zero attached hydrogens (tertiary/aromatic N) is 1. The highest BCUT2D eigenvalue weighted by Crippen LogP contribution is 2.22. The summed E-state index contributed by atoms with van der Waals surface area (Å²) in [4.78, 5) is 15.1. The van der Waals surface area contributed by atoms with Gasteiger partial charge in [0.1, 0.15) is 5.60 Å². The summed E-state index contributed by atoms with van der Waals surface area (Å²) in [6.07, 6.45) is 0.349. The van der Waals surface area contributed by atoms with Crippen molar-refractivity contribution in [2.45, 2.75) is 16.2 Å². The van der Waals surface area contributed by atoms with Crippen LogP contribution in [0.4, 0.5) is 0 Å². The molecule has 0 radical (unpaired) electrons. The van der Waals surface area contributed by atoms with E-state index in [1.165, 1.54) is 5.51 Å². The monoisotopic (exact) mass is 322 g/mol. The number of nitrogens with one attached hydrogen (secondary N) is 1. The van der Waals surface area contributed by atoms with Crippen molar-refractivity contribution in [1.82, 2.24) is 9.71 Å². The first kappa shape index (κ1) is 15.3. The molecule has 1 fully saturated rings. The van der Waals surface area contributed by atoms with Gasteiger partial charge in [0.25, 0.3) is 10.0 Å². The summed E-state index contributed by atoms with van der Waals surface area (Å²) < 4.78 is 35.8. The van der Waals surface area contributed by atoms with Gasteiger partial charge in [0, 0.05) is 19.6 Å². The van der Waals surface area contributed by atoms with Crippen LogP contribution in [-0.4, -0.2) is 56.9 Å². The highest BCUT2D eigenvalue weighted by Gasteiger charge is 2.35. The minimum absolute atomic E-state index is 0.0715. The summed E-state index contributed by atoms with van der Waals surface area (Å²) in [5.74, 6) is -0.825. The van der Waals surface area contributed by atoms with E-state index < -0.39 is 21.6 Å². The van der Waals surface area contributed by atoms with Crippen molar-refractivity contribution in [3.8, 4) is 0 Å². The zero-order chi connectivity index (χ0) is 14.8. The lowest BCUT2D eigenvalue weighted by atomic mass is 10.1. The summed E-state index contributed by atoms with van der Waals surface area (Å²) in [6, 6.07) is 0. The Morgan fingerprint density at radius 2 is 2.45 bits per heavy atom. The van der Waals surface area contributed by atoms with E-state index in [-0.39, 0.29) is 23.1 Å². The van der Waals surface area contributed by atoms with Gasteiger partial charge >= 0.3 is 5.97 Å². The average molecular weight is 322 g/mol. The standard InChI is InChI=1S/C10H14N2O6S2/c1-17-8(13)7-9(19-6-11-7)20(15,16)12-4-10(14)2-3-18-5-10/h6,12,14H,2-5H2,1H3. The van der Waals surface area contributed by atoms with Gasteiger partial charge in [-0.15, -0.1) is 11.3 Å². The summed E-state index contributed by atoms with van der Waals surface area (Å²) in [6.45, 7) is 0.266. The van der Waals surface area contributed by atoms with Crippen LogP contribution < -0.4 is 4.72 Å². The number of ether oxygens (including phenoxy) is 2. The van der Waals surface area contributed by atoms with Gasteiger partial charge in [0.2, 0.25) is 0 Å². The molecule has 1 atom stereocenters. The summed E-state index contributed by atoms with van der Waals surface area (Å²) in [5, 5.41) is 10.0. The van der Waals surface area contributed by atoms with E-state index in [9.17, 15) is 18.3 Å². The van der Waals surface area contributed by atoms with Gasteiger partial charge in [-0.3, -0.25) is 0 Å². The maximum absolute atomic E-state index is 12.1. The molecule has 1 aromatic heterocycles. The van der Waals surface area contributed by atoms with Gasteiger partial charge in [-0.2, -0.15) is 0 Å². The van der Waals surface area contributed by atoms with Gasteiger partial charge in [-0.05, 0) is 0 Å². The molecule has 0 aliphatic carbocycles. The molecule has 0 aromatic carbocycles. The number of aliphatic hydroxyl groups is 1. The van der Waals surface area contributed by atoms with Gasteiger partial charge in [0.15, 0.2) is 9.90 Å². The van der Waals surface area contributed by atoms with E-state index in [0.717, 1.165) is 18.4 Å². The fraction of sp³-hybridized carbons (Fsp3) is 0.600. The van der Waals surface area contributed by atoms with Crippen LogP contribution in [0, 0.1) is 0 Å². The normalized spacial score (nSPS) is 22.9. The van der Waals surface area contributed by atoms with Crippen molar-refractivity contribution in [3.63, 3.8) is 0 Å². The van der Waals surface area contributed by atoms with E-state index in [4.69, 9.17) is 4.74 Å². The molecule has 1 aromatic rings. The molecule has 0 spiro atoms. The maximum atomic E-state index is 12.1. The lowest BCUT2D eigenvalue weighted by Gasteiger charge is -2.20. The molecule has 0 amide bonds. The third kappa shape index (κ3) is 3.15. The maximum Gasteiger partial charge on any atom is 0.358 e. The zero-order valence-corrected chi connectivity index (χ0v) is 12.3. The van der Waals surface area contributed by atoms with Crippen LogP contribution >= 0.6 is 11.3 Å². The first-order chi connectivity index (χ1) is 9.38. The molecule has 8 nitrogen and oxygen atoms in total. The molecular weight excluding hydrogens is 308 g/mol. The second kappa shape index (κ2) is 5.74. The highest BCUT2D eigenvalue weighted by atomic mass is 32.2. The fourth-order valence-electron chi connectivity index (χ4n) is 1.69. The zero-order valence-electron chi connectivity index (χ0n) is 10.7. The van der Waals surface area contributed by atoms with Crippen molar-refractivity contribution < 1.29 is 27.8 Å². The number of sulfonamides is 1. The predicted octanol–water partition coefficient (Wildman–Crippen LogP) is -0.641. The van der Waals surface area contributed by atoms with E-state index in [0.29, 0.717) is 13.0 Å². The molecular formula is C10H14N2O6S2. The van der Waals surface area contributed by atoms with Gasteiger partial charge in [-0.25, -0.2) is 22.9 Å². The Morgan fingerprint density at radius 1 is 1.70 bits per heavy atom. The number of hydrogen-bond acceptors (Lipinski definition) is 8. The van der Waals surface area contributed by atoms with Crippen LogP contribution in [0.1, 0.15) is 16.9 Å². The van der Waals surface area contributed by atoms with Gasteiger partial charge < -0.3 is 14.6 Å². The summed E-state index contributed by atoms with van der Waals surface area (Å²) in [5.41, 5.74) is -0.239. The van der Waals surface area contributed by atoms with E-state index in [1.54, 1.807) is 0 Å². The van der Waals surface area contributed by atoms with Crippen LogP contribution in [0.2, 0.25) is 0 Å². The van der Waals surface area contributed by atoms with Crippen LogP contribution in [0.5, 0.6) is 0 Å². The van der Waals surface area contributed by atoms with E-state index >= 15 is 0 Å². The van der Waals surface area contributed by atoms with Crippen LogP contribution in [-0.2, 0) is 19.5 Å². The Hall–Kier alpha value is -1.07. The van der Waals surface area contributed by atoms with Crippen LogP contribution in [0.25, 0.3) is 0 Å². The highest BCUT2D eigenvalue weighted by molar-refractivity contribution is 7.91. The van der Waals surface area contributed by atoms with Crippen molar-refractivity contribution in [2.75, 3.05) is 26.9 Å². The van der Waals surface area contributed by atoms with Gasteiger partial charge in [-0.1, -0.05) is 0 Å². The lowest BCUT2D eigenvalue weighted by Crippen LogP contribution is -2.43. The Labute approximate surface area is 119 Å². The molecule has 2 rings (SSSR count). The Morgan fingerprint density at radius 3 is 3.05 bits per heavy atom. The number of carbonyl (C=O) groups is 1. The first-order valence-corrected chi connectivity index (χ1v) is 8.06. The summed E-state index contributed by atoms with van der Waals surface area (Å²) >= 11 is 0.806. The molecule has 0 bridgehead atoms. The molecule has 1 saturated heterocycles. The average Bonchev–Trinajstić information content (AvgIpc) is 3.05. The van der Waals surface area contributed by atoms with E-state index in [2.05, 4.69) is 14.4 Å². The summed E-state index contributed by atoms with van der Waals surface area (Å²) in [7, 11) is -2.80. The minimum Gasteiger partial charge on any atom is -0.464 e. The topological polar surface area (TPSA) is 115 Å². The molecule has 112 valence electrons. The van der Waals surface area contributed by atoms with Crippen LogP contribution in [0.3, 0.4) is 0 Å². The number of hydrogen-bond donors (Lipinski definition) is 2. The molecule has 0 saturated carbocycles. The van der Waals surface area contributed by atoms with Crippen LogP contribution in [0.15, 0.2) is 9.72 Å². The van der Waals surface area contributed by atoms with Crippen molar-refractivity contribution in [3.05, 3.63) is 11.2 Å². The van der Waals surface area contributed by atoms with Crippen molar-refractivity contribution >= 4 is 27.3 Å². The molecule has 2 heterocycles. The Bertz CT molecular complexity index is 591. The molecule has 1 aliphatic heterocycles. The second-order valence-corrected chi connectivity index (χ2v) is 7.15. The molecule has 2 N–H and O–H groups in total. The SMILES string of the molecule is COC(=O)c1ncsc1S(=O)(=O)NCC1(O)CCOC1. The fourth-order valence-corrected chi connectivity index (χ4v) is 3.98. The number of carbonyl (C=O) groups excluding carboxylic acids is 1. The molecule has 1 unspecified atom stereocenters. The minimum atomic E-state index is -3.94. The lowest BCUT2D eigenvalue weighted by molar-refractivity contribution is 0.0315. The smallest absolute Gasteiger partial charge is 0.358 e. The number of rotatable bonds is 5. The predicted molar refractivity (Wildman–Crippen MR) is 69.0 cm³/mol. The number of thiazole rings is 1. The Balaban J connectivity index is 2.14. The van der Waals surface area contributed by atoms with Crippen molar-refractivity contribution in [2.24, 2.45) is 0 Å². The largest absolute Gasteiger partial charge is 0.464 e. The van der Waals surface area contributed by atoms with Gasteiger partial charge in [0.05, 0.1) is 19.2 Å². The molecule has 10 heteroatoms. The third-order valence-electron chi connectivity index (χ3n) is 2.83.